The van der Waals surface area contributed by atoms with Crippen LogP contribution in [0.15, 0.2) is 11.1 Å². The first-order valence-electron chi connectivity index (χ1n) is 6.10. The molecule has 2 aliphatic rings. The molecule has 0 aromatic heterocycles. The van der Waals surface area contributed by atoms with Crippen molar-refractivity contribution in [3.8, 4) is 0 Å². The molecule has 0 aromatic carbocycles. The minimum absolute atomic E-state index is 0.302. The summed E-state index contributed by atoms with van der Waals surface area (Å²) in [5, 5.41) is 0. The molecule has 2 aliphatic carbocycles. The van der Waals surface area contributed by atoms with Crippen molar-refractivity contribution in [2.24, 2.45) is 17.3 Å². The number of allylic oxidation sites excluding steroid dienone is 2. The first kappa shape index (κ1) is 10.9. The zero-order chi connectivity index (χ0) is 11.2. The number of ketones is 1. The van der Waals surface area contributed by atoms with Crippen LogP contribution >= 0.6 is 0 Å². The zero-order valence-electron chi connectivity index (χ0n) is 10.4. The second kappa shape index (κ2) is 3.47. The van der Waals surface area contributed by atoms with Gasteiger partial charge in [-0.3, -0.25) is 4.79 Å². The van der Waals surface area contributed by atoms with Gasteiger partial charge < -0.3 is 0 Å². The lowest BCUT2D eigenvalue weighted by atomic mass is 9.61. The van der Waals surface area contributed by atoms with E-state index < -0.39 is 0 Å². The first-order valence-corrected chi connectivity index (χ1v) is 6.10. The fourth-order valence-electron chi connectivity index (χ4n) is 3.42. The Labute approximate surface area is 92.9 Å². The molecule has 0 N–H and O–H groups in total. The van der Waals surface area contributed by atoms with Crippen LogP contribution in [-0.4, -0.2) is 5.78 Å². The summed E-state index contributed by atoms with van der Waals surface area (Å²) in [7, 11) is 0. The second-order valence-corrected chi connectivity index (χ2v) is 6.04. The predicted molar refractivity (Wildman–Crippen MR) is 62.6 cm³/mol. The van der Waals surface area contributed by atoms with E-state index in [1.807, 2.05) is 0 Å². The largest absolute Gasteiger partial charge is 0.300 e. The summed E-state index contributed by atoms with van der Waals surface area (Å²) in [6.45, 7) is 9.08. The lowest BCUT2D eigenvalue weighted by molar-refractivity contribution is -0.118. The average Bonchev–Trinajstić information content (AvgIpc) is 2.41. The van der Waals surface area contributed by atoms with Crippen molar-refractivity contribution in [3.05, 3.63) is 11.1 Å². The fourth-order valence-corrected chi connectivity index (χ4v) is 3.42. The van der Waals surface area contributed by atoms with Gasteiger partial charge in [-0.1, -0.05) is 25.0 Å². The van der Waals surface area contributed by atoms with Gasteiger partial charge in [0, 0.05) is 12.8 Å². The summed E-state index contributed by atoms with van der Waals surface area (Å²) in [5.41, 5.74) is 3.39. The van der Waals surface area contributed by atoms with Crippen molar-refractivity contribution in [1.82, 2.24) is 0 Å². The molecule has 0 spiro atoms. The minimum Gasteiger partial charge on any atom is -0.300 e. The molecule has 0 bridgehead atoms. The summed E-state index contributed by atoms with van der Waals surface area (Å²) in [5.74, 6) is 1.79. The van der Waals surface area contributed by atoms with Crippen molar-refractivity contribution in [2.75, 3.05) is 0 Å². The van der Waals surface area contributed by atoms with E-state index in [-0.39, 0.29) is 0 Å². The fraction of sp³-hybridized carbons (Fsp3) is 0.786. The Balaban J connectivity index is 2.29. The molecule has 1 nitrogen and oxygen atoms in total. The molecule has 0 saturated heterocycles. The van der Waals surface area contributed by atoms with Gasteiger partial charge in [0.1, 0.15) is 5.78 Å². The number of carbonyl (C=O) groups excluding carboxylic acids is 1. The van der Waals surface area contributed by atoms with Gasteiger partial charge >= 0.3 is 0 Å². The summed E-state index contributed by atoms with van der Waals surface area (Å²) in [6.07, 6.45) is 4.05. The highest BCUT2D eigenvalue weighted by Crippen LogP contribution is 2.55. The lowest BCUT2D eigenvalue weighted by Gasteiger charge is -2.43. The van der Waals surface area contributed by atoms with Gasteiger partial charge in [0.25, 0.3) is 0 Å². The van der Waals surface area contributed by atoms with Gasteiger partial charge in [-0.15, -0.1) is 0 Å². The van der Waals surface area contributed by atoms with Crippen molar-refractivity contribution < 1.29 is 4.79 Å². The Kier molecular flexibility index (Phi) is 2.52. The Morgan fingerprint density at radius 3 is 2.53 bits per heavy atom. The minimum atomic E-state index is 0.302. The Morgan fingerprint density at radius 1 is 1.27 bits per heavy atom. The molecular formula is C14H22O. The number of Topliss-reactive ketones (excluding diaryl/α,β-unsaturated/α-hetero) is 1. The first-order chi connectivity index (χ1) is 6.93. The highest BCUT2D eigenvalue weighted by molar-refractivity contribution is 5.82. The second-order valence-electron chi connectivity index (χ2n) is 6.04. The number of rotatable bonds is 0. The molecule has 0 amide bonds. The van der Waals surface area contributed by atoms with E-state index in [9.17, 15) is 4.79 Å². The molecule has 0 unspecified atom stereocenters. The summed E-state index contributed by atoms with van der Waals surface area (Å²) >= 11 is 0. The van der Waals surface area contributed by atoms with Crippen LogP contribution in [0.3, 0.4) is 0 Å². The maximum atomic E-state index is 11.6. The third-order valence-corrected chi connectivity index (χ3v) is 4.86. The van der Waals surface area contributed by atoms with E-state index in [2.05, 4.69) is 27.7 Å². The van der Waals surface area contributed by atoms with Crippen molar-refractivity contribution in [1.29, 1.82) is 0 Å². The van der Waals surface area contributed by atoms with E-state index in [0.717, 1.165) is 12.8 Å². The van der Waals surface area contributed by atoms with E-state index >= 15 is 0 Å². The van der Waals surface area contributed by atoms with Crippen LogP contribution in [0.1, 0.15) is 53.4 Å². The van der Waals surface area contributed by atoms with E-state index in [1.54, 1.807) is 5.57 Å². The van der Waals surface area contributed by atoms with Crippen LogP contribution in [0.5, 0.6) is 0 Å². The van der Waals surface area contributed by atoms with Gasteiger partial charge in [-0.05, 0) is 43.9 Å². The zero-order valence-corrected chi connectivity index (χ0v) is 10.4. The molecule has 0 aliphatic heterocycles. The maximum Gasteiger partial charge on any atom is 0.133 e. The summed E-state index contributed by atoms with van der Waals surface area (Å²) in [6, 6.07) is 0. The summed E-state index contributed by atoms with van der Waals surface area (Å²) < 4.78 is 0. The van der Waals surface area contributed by atoms with Crippen LogP contribution in [0.2, 0.25) is 0 Å². The van der Waals surface area contributed by atoms with Crippen molar-refractivity contribution in [3.63, 3.8) is 0 Å². The smallest absolute Gasteiger partial charge is 0.133 e. The normalized spacial score (nSPS) is 40.5. The quantitative estimate of drug-likeness (QED) is 0.552. The van der Waals surface area contributed by atoms with Crippen LogP contribution in [-0.2, 0) is 4.79 Å². The third kappa shape index (κ3) is 1.66. The lowest BCUT2D eigenvalue weighted by Crippen LogP contribution is -2.34. The number of carbonyl (C=O) groups is 1. The van der Waals surface area contributed by atoms with Crippen LogP contribution in [0.4, 0.5) is 0 Å². The van der Waals surface area contributed by atoms with Crippen molar-refractivity contribution in [2.45, 2.75) is 53.4 Å². The van der Waals surface area contributed by atoms with Gasteiger partial charge in [-0.2, -0.15) is 0 Å². The molecule has 0 heterocycles. The Bertz CT molecular complexity index is 322. The number of hydrogen-bond donors (Lipinski definition) is 0. The van der Waals surface area contributed by atoms with Crippen LogP contribution in [0, 0.1) is 17.3 Å². The van der Waals surface area contributed by atoms with Crippen LogP contribution < -0.4 is 0 Å². The van der Waals surface area contributed by atoms with Gasteiger partial charge in [0.2, 0.25) is 0 Å². The molecular weight excluding hydrogens is 184 g/mol. The molecule has 15 heavy (non-hydrogen) atoms. The average molecular weight is 206 g/mol. The van der Waals surface area contributed by atoms with E-state index in [4.69, 9.17) is 0 Å². The molecule has 2 saturated carbocycles. The van der Waals surface area contributed by atoms with Gasteiger partial charge in [-0.25, -0.2) is 0 Å². The molecule has 0 aromatic rings. The SMILES string of the molecule is CC(C)=C1C[C@H]2CC(=O)C[C@@]2(C)[C@H](C)C1. The van der Waals surface area contributed by atoms with E-state index in [0.29, 0.717) is 23.0 Å². The standard InChI is InChI=1S/C14H22O/c1-9(2)11-5-10(3)14(4)8-13(15)7-12(14)6-11/h10,12H,5-8H2,1-4H3/t10-,12+,14+/m1/s1. The monoisotopic (exact) mass is 206 g/mol. The highest BCUT2D eigenvalue weighted by Gasteiger charge is 2.49. The third-order valence-electron chi connectivity index (χ3n) is 4.86. The summed E-state index contributed by atoms with van der Waals surface area (Å²) in [4.78, 5) is 11.6. The molecule has 84 valence electrons. The predicted octanol–water partition coefficient (Wildman–Crippen LogP) is 3.74. The Hall–Kier alpha value is -0.590. The number of fused-ring (bicyclic) bond motifs is 1. The molecule has 2 rings (SSSR count). The topological polar surface area (TPSA) is 17.1 Å². The molecule has 0 radical (unpaired) electrons. The molecule has 3 atom stereocenters. The maximum absolute atomic E-state index is 11.6. The number of hydrogen-bond acceptors (Lipinski definition) is 1. The molecule has 1 heteroatoms. The van der Waals surface area contributed by atoms with Crippen molar-refractivity contribution >= 4 is 5.78 Å². The van der Waals surface area contributed by atoms with E-state index in [1.165, 1.54) is 18.4 Å². The van der Waals surface area contributed by atoms with Crippen LogP contribution in [0.25, 0.3) is 0 Å². The van der Waals surface area contributed by atoms with Gasteiger partial charge in [0.05, 0.1) is 0 Å². The van der Waals surface area contributed by atoms with Gasteiger partial charge in [0.15, 0.2) is 0 Å². The molecule has 2 fully saturated rings. The highest BCUT2D eigenvalue weighted by atomic mass is 16.1. The Morgan fingerprint density at radius 2 is 1.93 bits per heavy atom.